The summed E-state index contributed by atoms with van der Waals surface area (Å²) < 4.78 is 34.7. The molecule has 10 heteroatoms. The predicted octanol–water partition coefficient (Wildman–Crippen LogP) is 23.0. The first-order valence-corrected chi connectivity index (χ1v) is 36.8. The first-order valence-electron chi connectivity index (χ1n) is 35.3. The van der Waals surface area contributed by atoms with Gasteiger partial charge in [0, 0.05) is 12.8 Å². The molecule has 0 fully saturated rings. The van der Waals surface area contributed by atoms with E-state index in [0.29, 0.717) is 17.4 Å². The van der Waals surface area contributed by atoms with Gasteiger partial charge < -0.3 is 18.9 Å². The molecule has 0 heterocycles. The molecule has 0 saturated heterocycles. The van der Waals surface area contributed by atoms with E-state index in [1.165, 1.54) is 154 Å². The third-order valence-electron chi connectivity index (χ3n) is 15.0. The maximum absolute atomic E-state index is 12.9. The number of phosphoric acid groups is 1. The minimum Gasteiger partial charge on any atom is -0.462 e. The summed E-state index contributed by atoms with van der Waals surface area (Å²) in [6.45, 7) is 4.34. The third-order valence-corrected chi connectivity index (χ3v) is 16.0. The number of likely N-dealkylation sites (N-methyl/N-ethyl adjacent to an activating group) is 1. The van der Waals surface area contributed by atoms with Gasteiger partial charge in [-0.1, -0.05) is 315 Å². The summed E-state index contributed by atoms with van der Waals surface area (Å²) in [6, 6.07) is 0. The number of hydrogen-bond acceptors (Lipinski definition) is 7. The van der Waals surface area contributed by atoms with E-state index in [-0.39, 0.29) is 32.0 Å². The number of quaternary nitrogens is 1. The van der Waals surface area contributed by atoms with Crippen molar-refractivity contribution in [2.24, 2.45) is 0 Å². The van der Waals surface area contributed by atoms with Crippen LogP contribution < -0.4 is 0 Å². The molecule has 0 aliphatic heterocycles. The van der Waals surface area contributed by atoms with E-state index in [1.807, 2.05) is 21.1 Å². The highest BCUT2D eigenvalue weighted by Crippen LogP contribution is 2.43. The van der Waals surface area contributed by atoms with Crippen LogP contribution in [0.1, 0.15) is 296 Å². The Hall–Kier alpha value is -3.59. The van der Waals surface area contributed by atoms with Crippen molar-refractivity contribution in [1.29, 1.82) is 0 Å². The lowest BCUT2D eigenvalue weighted by molar-refractivity contribution is -0.870. The monoisotopic (exact) mass is 1220 g/mol. The van der Waals surface area contributed by atoms with Crippen molar-refractivity contribution < 1.29 is 42.1 Å². The van der Waals surface area contributed by atoms with Crippen molar-refractivity contribution in [2.45, 2.75) is 302 Å². The van der Waals surface area contributed by atoms with E-state index in [2.05, 4.69) is 135 Å². The molecule has 9 nitrogen and oxygen atoms in total. The predicted molar refractivity (Wildman–Crippen MR) is 371 cm³/mol. The zero-order valence-electron chi connectivity index (χ0n) is 56.3. The second-order valence-electron chi connectivity index (χ2n) is 24.5. The number of rotatable bonds is 64. The summed E-state index contributed by atoms with van der Waals surface area (Å²) >= 11 is 0. The van der Waals surface area contributed by atoms with Crippen LogP contribution in [-0.2, 0) is 32.7 Å². The minimum atomic E-state index is -4.40. The molecule has 0 aromatic heterocycles. The standard InChI is InChI=1S/C76H132NO8P/c1-6-8-10-12-14-16-18-20-22-24-26-28-30-31-32-33-34-35-36-37-38-39-40-41-42-43-44-45-47-49-51-53-55-57-59-61-63-65-67-69-76(79)85-74(73-84-86(80,81)83-71-70-77(3,4)5)72-82-75(78)68-66-64-62-60-58-56-54-52-50-48-46-29-27-25-23-21-19-17-15-13-11-9-7-2/h8,10,14,16,20,22,26,28,31-32,34-35,37-38,40-41,43-44,47,49,74H,6-7,9,11-13,15,17-19,21,23-25,27,29-30,33,36,39,42,45-46,48,50-73H2,1-5H3/p+1/b10-8-,16-14-,22-20-,28-26-,32-31-,35-34-,38-37-,41-40-,44-43-,49-47-. The normalized spacial score (nSPS) is 13.9. The summed E-state index contributed by atoms with van der Waals surface area (Å²) in [7, 11) is 1.47. The summed E-state index contributed by atoms with van der Waals surface area (Å²) in [5.74, 6) is -0.802. The number of carbonyl (C=O) groups excluding carboxylic acids is 2. The molecule has 0 spiro atoms. The number of ether oxygens (including phenoxy) is 2. The number of allylic oxidation sites excluding steroid dienone is 20. The van der Waals surface area contributed by atoms with Gasteiger partial charge in [0.2, 0.25) is 0 Å². The van der Waals surface area contributed by atoms with Crippen LogP contribution in [0.4, 0.5) is 0 Å². The van der Waals surface area contributed by atoms with Gasteiger partial charge in [0.25, 0.3) is 0 Å². The number of esters is 2. The molecule has 2 unspecified atom stereocenters. The average Bonchev–Trinajstić information content (AvgIpc) is 3.56. The van der Waals surface area contributed by atoms with E-state index >= 15 is 0 Å². The van der Waals surface area contributed by atoms with Crippen LogP contribution in [-0.4, -0.2) is 74.9 Å². The first-order chi connectivity index (χ1) is 42.0. The molecular formula is C76H133NO8P+. The maximum Gasteiger partial charge on any atom is 0.472 e. The Morgan fingerprint density at radius 2 is 0.663 bits per heavy atom. The highest BCUT2D eigenvalue weighted by atomic mass is 31.2. The largest absolute Gasteiger partial charge is 0.472 e. The van der Waals surface area contributed by atoms with Gasteiger partial charge in [-0.3, -0.25) is 18.6 Å². The molecule has 0 aromatic carbocycles. The Kier molecular flexibility index (Phi) is 63.1. The molecule has 2 atom stereocenters. The van der Waals surface area contributed by atoms with E-state index in [0.717, 1.165) is 109 Å². The molecule has 1 N–H and O–H groups in total. The summed E-state index contributed by atoms with van der Waals surface area (Å²) in [5, 5.41) is 0. The highest BCUT2D eigenvalue weighted by Gasteiger charge is 2.27. The second kappa shape index (κ2) is 65.8. The van der Waals surface area contributed by atoms with Crippen LogP contribution in [0.2, 0.25) is 0 Å². The van der Waals surface area contributed by atoms with Gasteiger partial charge in [0.1, 0.15) is 19.8 Å². The van der Waals surface area contributed by atoms with Crippen LogP contribution >= 0.6 is 7.82 Å². The van der Waals surface area contributed by atoms with Gasteiger partial charge in [-0.25, -0.2) is 4.57 Å². The van der Waals surface area contributed by atoms with Gasteiger partial charge in [-0.15, -0.1) is 0 Å². The molecule has 0 aliphatic carbocycles. The Morgan fingerprint density at radius 1 is 0.372 bits per heavy atom. The molecular weight excluding hydrogens is 1090 g/mol. The fourth-order valence-electron chi connectivity index (χ4n) is 9.63. The van der Waals surface area contributed by atoms with Crippen LogP contribution in [0.3, 0.4) is 0 Å². The second-order valence-corrected chi connectivity index (χ2v) is 26.0. The van der Waals surface area contributed by atoms with Crippen molar-refractivity contribution in [3.63, 3.8) is 0 Å². The van der Waals surface area contributed by atoms with Crippen molar-refractivity contribution in [1.82, 2.24) is 0 Å². The van der Waals surface area contributed by atoms with Crippen molar-refractivity contribution in [3.8, 4) is 0 Å². The molecule has 0 rings (SSSR count). The number of hydrogen-bond donors (Lipinski definition) is 1. The SMILES string of the molecule is CC/C=C\C/C=C\C/C=C\C/C=C\C/C=C\C/C=C\C/C=C\C/C=C\C/C=C\C/C=C\CCCCCCCCCCC(=O)OC(COC(=O)CCCCCCCCCCCCCCCCCCCCCCCCC)COP(=O)(O)OCC[N+](C)(C)C. The summed E-state index contributed by atoms with van der Waals surface area (Å²) in [5.41, 5.74) is 0. The van der Waals surface area contributed by atoms with E-state index in [9.17, 15) is 19.0 Å². The molecule has 0 radical (unpaired) electrons. The van der Waals surface area contributed by atoms with E-state index in [1.54, 1.807) is 0 Å². The van der Waals surface area contributed by atoms with Gasteiger partial charge in [-0.2, -0.15) is 0 Å². The van der Waals surface area contributed by atoms with Gasteiger partial charge >= 0.3 is 19.8 Å². The van der Waals surface area contributed by atoms with Crippen LogP contribution in [0.15, 0.2) is 122 Å². The minimum absolute atomic E-state index is 0.0262. The third kappa shape index (κ3) is 69.5. The molecule has 0 amide bonds. The molecule has 86 heavy (non-hydrogen) atoms. The Bertz CT molecular complexity index is 1870. The molecule has 0 saturated carbocycles. The molecule has 494 valence electrons. The average molecular weight is 1220 g/mol. The Labute approximate surface area is 530 Å². The lowest BCUT2D eigenvalue weighted by Gasteiger charge is -2.24. The number of carbonyl (C=O) groups is 2. The fourth-order valence-corrected chi connectivity index (χ4v) is 10.4. The quantitative estimate of drug-likeness (QED) is 0.0211. The Morgan fingerprint density at radius 3 is 0.988 bits per heavy atom. The molecule has 0 bridgehead atoms. The highest BCUT2D eigenvalue weighted by molar-refractivity contribution is 7.47. The van der Waals surface area contributed by atoms with Gasteiger partial charge in [-0.05, 0) is 89.9 Å². The number of phosphoric ester groups is 1. The number of nitrogens with zero attached hydrogens (tertiary/aromatic N) is 1. The van der Waals surface area contributed by atoms with Crippen molar-refractivity contribution >= 4 is 19.8 Å². The summed E-state index contributed by atoms with van der Waals surface area (Å²) in [6.07, 6.45) is 94.4. The van der Waals surface area contributed by atoms with Crippen LogP contribution in [0, 0.1) is 0 Å². The lowest BCUT2D eigenvalue weighted by Crippen LogP contribution is -2.37. The smallest absolute Gasteiger partial charge is 0.462 e. The van der Waals surface area contributed by atoms with Gasteiger partial charge in [0.15, 0.2) is 6.10 Å². The van der Waals surface area contributed by atoms with Crippen molar-refractivity contribution in [2.75, 3.05) is 47.5 Å². The fraction of sp³-hybridized carbons (Fsp3) is 0.711. The first kappa shape index (κ1) is 82.4. The van der Waals surface area contributed by atoms with Gasteiger partial charge in [0.05, 0.1) is 27.7 Å². The lowest BCUT2D eigenvalue weighted by atomic mass is 10.0. The van der Waals surface area contributed by atoms with E-state index < -0.39 is 26.5 Å². The molecule has 0 aliphatic rings. The summed E-state index contributed by atoms with van der Waals surface area (Å²) in [4.78, 5) is 35.9. The molecule has 0 aromatic rings. The topological polar surface area (TPSA) is 108 Å². The van der Waals surface area contributed by atoms with Crippen LogP contribution in [0.25, 0.3) is 0 Å². The number of unbranched alkanes of at least 4 members (excludes halogenated alkanes) is 30. The maximum atomic E-state index is 12.9. The van der Waals surface area contributed by atoms with Crippen LogP contribution in [0.5, 0.6) is 0 Å². The van der Waals surface area contributed by atoms with E-state index in [4.69, 9.17) is 18.5 Å². The Balaban J connectivity index is 4.10. The zero-order valence-corrected chi connectivity index (χ0v) is 57.2. The zero-order chi connectivity index (χ0) is 62.6. The van der Waals surface area contributed by atoms with Crippen molar-refractivity contribution in [3.05, 3.63) is 122 Å².